The SMILES string of the molecule is O=C(O)[C@@H]1CN(c2ncc(-c3ccccc3)o2)CCN1C(=O)C(c1ccccc1)c1ccccc1. The van der Waals surface area contributed by atoms with Crippen molar-refractivity contribution in [3.63, 3.8) is 0 Å². The monoisotopic (exact) mass is 467 g/mol. The Hall–Kier alpha value is -4.39. The molecule has 4 aromatic rings. The maximum absolute atomic E-state index is 13.9. The maximum atomic E-state index is 13.9. The summed E-state index contributed by atoms with van der Waals surface area (Å²) >= 11 is 0. The first-order valence-electron chi connectivity index (χ1n) is 11.5. The summed E-state index contributed by atoms with van der Waals surface area (Å²) in [6, 6.07) is 27.9. The number of anilines is 1. The first kappa shape index (κ1) is 22.4. The molecule has 7 nitrogen and oxygen atoms in total. The fourth-order valence-corrected chi connectivity index (χ4v) is 4.51. The van der Waals surface area contributed by atoms with Gasteiger partial charge >= 0.3 is 5.97 Å². The number of piperazine rings is 1. The number of benzene rings is 3. The van der Waals surface area contributed by atoms with Crippen LogP contribution in [0.2, 0.25) is 0 Å². The standard InChI is InChI=1S/C28H25N3O4/c32-26(25(21-12-6-2-7-13-21)22-14-8-3-9-15-22)31-17-16-30(19-23(31)27(33)34)28-29-18-24(35-28)20-10-4-1-5-11-20/h1-15,18,23,25H,16-17,19H2,(H,33,34)/t23-/m0/s1. The van der Waals surface area contributed by atoms with Gasteiger partial charge in [0, 0.05) is 18.7 Å². The topological polar surface area (TPSA) is 86.9 Å². The molecule has 1 atom stereocenters. The number of carbonyl (C=O) groups is 2. The molecule has 1 fully saturated rings. The molecule has 0 saturated carbocycles. The third-order valence-electron chi connectivity index (χ3n) is 6.28. The highest BCUT2D eigenvalue weighted by atomic mass is 16.4. The van der Waals surface area contributed by atoms with Crippen molar-refractivity contribution in [2.24, 2.45) is 0 Å². The van der Waals surface area contributed by atoms with E-state index in [1.807, 2.05) is 91.0 Å². The minimum Gasteiger partial charge on any atom is -0.480 e. The number of carboxylic acid groups (broad SMARTS) is 1. The van der Waals surface area contributed by atoms with Gasteiger partial charge in [0.1, 0.15) is 6.04 Å². The summed E-state index contributed by atoms with van der Waals surface area (Å²) in [5, 5.41) is 10.1. The minimum atomic E-state index is -1.06. The first-order chi connectivity index (χ1) is 17.1. The first-order valence-corrected chi connectivity index (χ1v) is 11.5. The van der Waals surface area contributed by atoms with Crippen LogP contribution in [0.25, 0.3) is 11.3 Å². The van der Waals surface area contributed by atoms with Crippen LogP contribution in [0.15, 0.2) is 102 Å². The molecular weight excluding hydrogens is 442 g/mol. The summed E-state index contributed by atoms with van der Waals surface area (Å²) < 4.78 is 5.94. The molecule has 1 saturated heterocycles. The van der Waals surface area contributed by atoms with Crippen LogP contribution < -0.4 is 4.90 Å². The fourth-order valence-electron chi connectivity index (χ4n) is 4.51. The Morgan fingerprint density at radius 2 is 1.43 bits per heavy atom. The van der Waals surface area contributed by atoms with Gasteiger partial charge in [0.05, 0.1) is 18.7 Å². The molecule has 0 radical (unpaired) electrons. The molecule has 0 unspecified atom stereocenters. The van der Waals surface area contributed by atoms with Gasteiger partial charge in [-0.05, 0) is 11.1 Å². The van der Waals surface area contributed by atoms with Crippen molar-refractivity contribution in [3.05, 3.63) is 108 Å². The molecule has 1 aromatic heterocycles. The van der Waals surface area contributed by atoms with Gasteiger partial charge in [-0.25, -0.2) is 9.78 Å². The molecule has 7 heteroatoms. The normalized spacial score (nSPS) is 15.9. The van der Waals surface area contributed by atoms with E-state index in [4.69, 9.17) is 4.42 Å². The second kappa shape index (κ2) is 9.85. The van der Waals surface area contributed by atoms with Crippen molar-refractivity contribution in [2.45, 2.75) is 12.0 Å². The zero-order valence-electron chi connectivity index (χ0n) is 19.0. The van der Waals surface area contributed by atoms with Crippen molar-refractivity contribution in [2.75, 3.05) is 24.5 Å². The lowest BCUT2D eigenvalue weighted by atomic mass is 9.89. The highest BCUT2D eigenvalue weighted by molar-refractivity contribution is 5.91. The van der Waals surface area contributed by atoms with Crippen LogP contribution in [-0.2, 0) is 9.59 Å². The number of hydrogen-bond acceptors (Lipinski definition) is 5. The second-order valence-corrected chi connectivity index (χ2v) is 8.46. The van der Waals surface area contributed by atoms with Crippen LogP contribution in [0.3, 0.4) is 0 Å². The molecule has 0 bridgehead atoms. The molecular formula is C28H25N3O4. The number of carbonyl (C=O) groups excluding carboxylic acids is 1. The van der Waals surface area contributed by atoms with Crippen molar-refractivity contribution in [1.82, 2.24) is 9.88 Å². The largest absolute Gasteiger partial charge is 0.480 e. The minimum absolute atomic E-state index is 0.0894. The average molecular weight is 468 g/mol. The van der Waals surface area contributed by atoms with Crippen LogP contribution in [0.1, 0.15) is 17.0 Å². The van der Waals surface area contributed by atoms with Gasteiger partial charge in [0.25, 0.3) is 6.01 Å². The number of hydrogen-bond donors (Lipinski definition) is 1. The smallest absolute Gasteiger partial charge is 0.328 e. The molecule has 1 amide bonds. The second-order valence-electron chi connectivity index (χ2n) is 8.46. The lowest BCUT2D eigenvalue weighted by molar-refractivity contribution is -0.151. The molecule has 2 heterocycles. The third kappa shape index (κ3) is 4.66. The van der Waals surface area contributed by atoms with E-state index in [-0.39, 0.29) is 19.0 Å². The lowest BCUT2D eigenvalue weighted by Crippen LogP contribution is -2.59. The van der Waals surface area contributed by atoms with Gasteiger partial charge in [0.2, 0.25) is 5.91 Å². The van der Waals surface area contributed by atoms with E-state index in [2.05, 4.69) is 4.98 Å². The van der Waals surface area contributed by atoms with Crippen LogP contribution in [-0.4, -0.2) is 52.5 Å². The van der Waals surface area contributed by atoms with Crippen molar-refractivity contribution in [3.8, 4) is 11.3 Å². The lowest BCUT2D eigenvalue weighted by Gasteiger charge is -2.40. The molecule has 0 spiro atoms. The maximum Gasteiger partial charge on any atom is 0.328 e. The van der Waals surface area contributed by atoms with E-state index in [1.165, 1.54) is 4.90 Å². The van der Waals surface area contributed by atoms with Crippen LogP contribution in [0.5, 0.6) is 0 Å². The molecule has 3 aromatic carbocycles. The third-order valence-corrected chi connectivity index (χ3v) is 6.28. The van der Waals surface area contributed by atoms with Crippen LogP contribution in [0.4, 0.5) is 6.01 Å². The molecule has 1 aliphatic rings. The van der Waals surface area contributed by atoms with Crippen LogP contribution >= 0.6 is 0 Å². The van der Waals surface area contributed by atoms with E-state index in [9.17, 15) is 14.7 Å². The quantitative estimate of drug-likeness (QED) is 0.456. The fraction of sp³-hybridized carbons (Fsp3) is 0.179. The Balaban J connectivity index is 1.40. The summed E-state index contributed by atoms with van der Waals surface area (Å²) in [6.45, 7) is 0.752. The van der Waals surface area contributed by atoms with E-state index < -0.39 is 17.9 Å². The molecule has 1 N–H and O–H groups in total. The Morgan fingerprint density at radius 1 is 0.857 bits per heavy atom. The van der Waals surface area contributed by atoms with Crippen molar-refractivity contribution >= 4 is 17.9 Å². The molecule has 1 aliphatic heterocycles. The van der Waals surface area contributed by atoms with E-state index in [0.717, 1.165) is 16.7 Å². The van der Waals surface area contributed by atoms with E-state index >= 15 is 0 Å². The predicted octanol–water partition coefficient (Wildman–Crippen LogP) is 4.28. The van der Waals surface area contributed by atoms with Gasteiger partial charge in [-0.15, -0.1) is 0 Å². The van der Waals surface area contributed by atoms with Crippen LogP contribution in [0, 0.1) is 0 Å². The van der Waals surface area contributed by atoms with Gasteiger partial charge in [-0.2, -0.15) is 0 Å². The van der Waals surface area contributed by atoms with Gasteiger partial charge < -0.3 is 19.3 Å². The number of oxazole rings is 1. The molecule has 0 aliphatic carbocycles. The highest BCUT2D eigenvalue weighted by Crippen LogP contribution is 2.30. The molecule has 176 valence electrons. The summed E-state index contributed by atoms with van der Waals surface area (Å²) in [4.78, 5) is 33.8. The number of carboxylic acids is 1. The Morgan fingerprint density at radius 3 is 2.00 bits per heavy atom. The number of nitrogens with zero attached hydrogens (tertiary/aromatic N) is 3. The summed E-state index contributed by atoms with van der Waals surface area (Å²) in [6.07, 6.45) is 1.64. The number of amides is 1. The van der Waals surface area contributed by atoms with E-state index in [1.54, 1.807) is 11.1 Å². The summed E-state index contributed by atoms with van der Waals surface area (Å²) in [5.74, 6) is -1.26. The van der Waals surface area contributed by atoms with Gasteiger partial charge in [0.15, 0.2) is 5.76 Å². The zero-order valence-corrected chi connectivity index (χ0v) is 19.0. The number of rotatable bonds is 6. The van der Waals surface area contributed by atoms with E-state index in [0.29, 0.717) is 18.3 Å². The molecule has 35 heavy (non-hydrogen) atoms. The summed E-state index contributed by atoms with van der Waals surface area (Å²) in [5.41, 5.74) is 2.55. The average Bonchev–Trinajstić information content (AvgIpc) is 3.41. The Bertz CT molecular complexity index is 1250. The number of aromatic nitrogens is 1. The van der Waals surface area contributed by atoms with Crippen molar-refractivity contribution < 1.29 is 19.1 Å². The predicted molar refractivity (Wildman–Crippen MR) is 132 cm³/mol. The summed E-state index contributed by atoms with van der Waals surface area (Å²) in [7, 11) is 0. The van der Waals surface area contributed by atoms with Gasteiger partial charge in [-0.1, -0.05) is 91.0 Å². The van der Waals surface area contributed by atoms with Crippen molar-refractivity contribution in [1.29, 1.82) is 0 Å². The highest BCUT2D eigenvalue weighted by Gasteiger charge is 2.40. The number of aliphatic carboxylic acids is 1. The Kier molecular flexibility index (Phi) is 6.30. The molecule has 5 rings (SSSR count). The Labute approximate surface area is 203 Å². The van der Waals surface area contributed by atoms with Gasteiger partial charge in [-0.3, -0.25) is 4.79 Å². The zero-order chi connectivity index (χ0) is 24.2.